The van der Waals surface area contributed by atoms with Gasteiger partial charge in [-0.1, -0.05) is 5.16 Å². The maximum Gasteiger partial charge on any atom is 0.220 e. The van der Waals surface area contributed by atoms with Crippen molar-refractivity contribution in [1.29, 1.82) is 0 Å². The van der Waals surface area contributed by atoms with Crippen LogP contribution in [0.4, 0.5) is 0 Å². The zero-order valence-corrected chi connectivity index (χ0v) is 8.59. The highest BCUT2D eigenvalue weighted by Gasteiger charge is 2.02. The number of hydrogen-bond acceptors (Lipinski definition) is 3. The zero-order valence-electron chi connectivity index (χ0n) is 7.83. The number of alkyl halides is 1. The predicted molar refractivity (Wildman–Crippen MR) is 52.9 cm³/mol. The lowest BCUT2D eigenvalue weighted by molar-refractivity contribution is -0.121. The molecule has 0 bridgehead atoms. The number of unbranched alkanes of at least 4 members (excludes halogenated alkanes) is 1. The fourth-order valence-electron chi connectivity index (χ4n) is 0.987. The molecular formula is C9H13ClN2O2. The van der Waals surface area contributed by atoms with Crippen LogP contribution in [0.25, 0.3) is 0 Å². The van der Waals surface area contributed by atoms with Crippen LogP contribution in [-0.2, 0) is 11.3 Å². The largest absolute Gasteiger partial charge is 0.360 e. The van der Waals surface area contributed by atoms with Crippen LogP contribution >= 0.6 is 11.6 Å². The topological polar surface area (TPSA) is 55.1 Å². The van der Waals surface area contributed by atoms with Crippen LogP contribution < -0.4 is 5.32 Å². The average Bonchev–Trinajstić information content (AvgIpc) is 2.68. The highest BCUT2D eigenvalue weighted by Crippen LogP contribution is 1.99. The summed E-state index contributed by atoms with van der Waals surface area (Å²) >= 11 is 5.49. The second-order valence-electron chi connectivity index (χ2n) is 2.90. The lowest BCUT2D eigenvalue weighted by Gasteiger charge is -2.01. The van der Waals surface area contributed by atoms with Crippen molar-refractivity contribution in [1.82, 2.24) is 10.5 Å². The van der Waals surface area contributed by atoms with Gasteiger partial charge in [-0.15, -0.1) is 11.6 Å². The molecular weight excluding hydrogens is 204 g/mol. The van der Waals surface area contributed by atoms with Gasteiger partial charge in [0.1, 0.15) is 0 Å². The molecule has 5 heteroatoms. The summed E-state index contributed by atoms with van der Waals surface area (Å²) in [6.45, 7) is 0.402. The molecule has 1 rings (SSSR count). The van der Waals surface area contributed by atoms with Gasteiger partial charge in [0.15, 0.2) is 5.76 Å². The van der Waals surface area contributed by atoms with E-state index in [-0.39, 0.29) is 5.91 Å². The van der Waals surface area contributed by atoms with E-state index < -0.39 is 0 Å². The van der Waals surface area contributed by atoms with Crippen LogP contribution in [0.15, 0.2) is 16.8 Å². The quantitative estimate of drug-likeness (QED) is 0.582. The molecule has 14 heavy (non-hydrogen) atoms. The number of hydrogen-bond donors (Lipinski definition) is 1. The number of carbonyl (C=O) groups excluding carboxylic acids is 1. The van der Waals surface area contributed by atoms with Crippen LogP contribution in [0, 0.1) is 0 Å². The normalized spacial score (nSPS) is 10.1. The molecule has 0 aliphatic carbocycles. The van der Waals surface area contributed by atoms with E-state index in [0.29, 0.717) is 24.6 Å². The van der Waals surface area contributed by atoms with E-state index >= 15 is 0 Å². The molecule has 0 spiro atoms. The Hall–Kier alpha value is -1.03. The first kappa shape index (κ1) is 11.0. The van der Waals surface area contributed by atoms with Crippen molar-refractivity contribution in [3.05, 3.63) is 18.0 Å². The fraction of sp³-hybridized carbons (Fsp3) is 0.556. The molecule has 0 aliphatic heterocycles. The van der Waals surface area contributed by atoms with Gasteiger partial charge in [-0.05, 0) is 12.8 Å². The Morgan fingerprint density at radius 3 is 3.07 bits per heavy atom. The van der Waals surface area contributed by atoms with Crippen molar-refractivity contribution in [3.8, 4) is 0 Å². The minimum atomic E-state index is 0.0199. The molecule has 1 aromatic rings. The molecule has 1 heterocycles. The summed E-state index contributed by atoms with van der Waals surface area (Å²) in [6.07, 6.45) is 3.76. The SMILES string of the molecule is O=C(CCCCCl)NCc1ccno1. The fourth-order valence-corrected chi connectivity index (χ4v) is 1.18. The Bertz CT molecular complexity index is 262. The van der Waals surface area contributed by atoms with Crippen molar-refractivity contribution in [2.24, 2.45) is 0 Å². The standard InChI is InChI=1S/C9H13ClN2O2/c10-5-2-1-3-9(13)11-7-8-4-6-12-14-8/h4,6H,1-3,5,7H2,(H,11,13). The zero-order chi connectivity index (χ0) is 10.2. The van der Waals surface area contributed by atoms with Crippen molar-refractivity contribution in [2.75, 3.05) is 5.88 Å². The monoisotopic (exact) mass is 216 g/mol. The average molecular weight is 217 g/mol. The van der Waals surface area contributed by atoms with Crippen molar-refractivity contribution >= 4 is 17.5 Å². The van der Waals surface area contributed by atoms with E-state index in [0.717, 1.165) is 12.8 Å². The van der Waals surface area contributed by atoms with Crippen molar-refractivity contribution in [3.63, 3.8) is 0 Å². The lowest BCUT2D eigenvalue weighted by Crippen LogP contribution is -2.22. The Kier molecular flexibility index (Phi) is 5.07. The third-order valence-corrected chi connectivity index (χ3v) is 2.01. The van der Waals surface area contributed by atoms with Gasteiger partial charge < -0.3 is 9.84 Å². The van der Waals surface area contributed by atoms with E-state index in [2.05, 4.69) is 10.5 Å². The van der Waals surface area contributed by atoms with E-state index in [1.54, 1.807) is 12.3 Å². The van der Waals surface area contributed by atoms with Crippen LogP contribution in [0.5, 0.6) is 0 Å². The summed E-state index contributed by atoms with van der Waals surface area (Å²) in [5.41, 5.74) is 0. The Labute approximate surface area is 87.6 Å². The highest BCUT2D eigenvalue weighted by atomic mass is 35.5. The molecule has 0 atom stereocenters. The van der Waals surface area contributed by atoms with Gasteiger partial charge in [0.25, 0.3) is 0 Å². The number of amides is 1. The number of halogens is 1. The molecule has 0 saturated carbocycles. The molecule has 0 radical (unpaired) electrons. The Morgan fingerprint density at radius 2 is 2.43 bits per heavy atom. The maximum atomic E-state index is 11.2. The molecule has 4 nitrogen and oxygen atoms in total. The minimum absolute atomic E-state index is 0.0199. The van der Waals surface area contributed by atoms with Crippen LogP contribution in [-0.4, -0.2) is 16.9 Å². The van der Waals surface area contributed by atoms with Crippen LogP contribution in [0.1, 0.15) is 25.0 Å². The maximum absolute atomic E-state index is 11.2. The van der Waals surface area contributed by atoms with Gasteiger partial charge in [0, 0.05) is 18.4 Å². The van der Waals surface area contributed by atoms with Crippen LogP contribution in [0.2, 0.25) is 0 Å². The van der Waals surface area contributed by atoms with Gasteiger partial charge in [-0.25, -0.2) is 0 Å². The number of nitrogens with zero attached hydrogens (tertiary/aromatic N) is 1. The van der Waals surface area contributed by atoms with E-state index in [1.165, 1.54) is 0 Å². The first-order chi connectivity index (χ1) is 6.83. The predicted octanol–water partition coefficient (Wildman–Crippen LogP) is 1.70. The summed E-state index contributed by atoms with van der Waals surface area (Å²) in [4.78, 5) is 11.2. The Morgan fingerprint density at radius 1 is 1.57 bits per heavy atom. The van der Waals surface area contributed by atoms with Gasteiger partial charge in [0.2, 0.25) is 5.91 Å². The molecule has 0 unspecified atom stereocenters. The summed E-state index contributed by atoms with van der Waals surface area (Å²) in [6, 6.07) is 1.72. The second kappa shape index (κ2) is 6.43. The minimum Gasteiger partial charge on any atom is -0.360 e. The highest BCUT2D eigenvalue weighted by molar-refractivity contribution is 6.17. The smallest absolute Gasteiger partial charge is 0.220 e. The first-order valence-corrected chi connectivity index (χ1v) is 5.08. The number of nitrogens with one attached hydrogen (secondary N) is 1. The van der Waals surface area contributed by atoms with Gasteiger partial charge in [-0.2, -0.15) is 0 Å². The Balaban J connectivity index is 2.09. The van der Waals surface area contributed by atoms with Crippen LogP contribution in [0.3, 0.4) is 0 Å². The van der Waals surface area contributed by atoms with E-state index in [4.69, 9.17) is 16.1 Å². The molecule has 1 N–H and O–H groups in total. The summed E-state index contributed by atoms with van der Waals surface area (Å²) in [5, 5.41) is 6.26. The third kappa shape index (κ3) is 4.28. The summed E-state index contributed by atoms with van der Waals surface area (Å²) in [5.74, 6) is 1.29. The molecule has 0 saturated heterocycles. The van der Waals surface area contributed by atoms with Gasteiger partial charge >= 0.3 is 0 Å². The number of aromatic nitrogens is 1. The number of carbonyl (C=O) groups is 1. The van der Waals surface area contributed by atoms with Gasteiger partial charge in [-0.3, -0.25) is 4.79 Å². The molecule has 1 amide bonds. The molecule has 0 fully saturated rings. The molecule has 0 aromatic carbocycles. The van der Waals surface area contributed by atoms with Crippen molar-refractivity contribution in [2.45, 2.75) is 25.8 Å². The molecule has 78 valence electrons. The van der Waals surface area contributed by atoms with Gasteiger partial charge in [0.05, 0.1) is 12.7 Å². The van der Waals surface area contributed by atoms with Crippen molar-refractivity contribution < 1.29 is 9.32 Å². The molecule has 0 aliphatic rings. The summed E-state index contributed by atoms with van der Waals surface area (Å²) < 4.78 is 4.82. The lowest BCUT2D eigenvalue weighted by atomic mass is 10.2. The summed E-state index contributed by atoms with van der Waals surface area (Å²) in [7, 11) is 0. The third-order valence-electron chi connectivity index (χ3n) is 1.74. The molecule has 1 aromatic heterocycles. The number of rotatable bonds is 6. The first-order valence-electron chi connectivity index (χ1n) is 4.55. The second-order valence-corrected chi connectivity index (χ2v) is 3.28. The van der Waals surface area contributed by atoms with E-state index in [1.807, 2.05) is 0 Å². The van der Waals surface area contributed by atoms with E-state index in [9.17, 15) is 4.79 Å².